The van der Waals surface area contributed by atoms with Gasteiger partial charge in [-0.15, -0.1) is 0 Å². The van der Waals surface area contributed by atoms with Gasteiger partial charge in [-0.05, 0) is 54.7 Å². The molecule has 0 aliphatic carbocycles. The number of hydrogen-bond donors (Lipinski definition) is 1. The van der Waals surface area contributed by atoms with E-state index in [1.807, 2.05) is 12.1 Å². The number of benzene rings is 2. The highest BCUT2D eigenvalue weighted by molar-refractivity contribution is 6.30. The molecule has 0 amide bonds. The molecule has 0 aromatic heterocycles. The van der Waals surface area contributed by atoms with Gasteiger partial charge in [-0.2, -0.15) is 0 Å². The van der Waals surface area contributed by atoms with E-state index in [9.17, 15) is 0 Å². The van der Waals surface area contributed by atoms with Gasteiger partial charge in [0.1, 0.15) is 0 Å². The van der Waals surface area contributed by atoms with Crippen LogP contribution in [-0.4, -0.2) is 0 Å². The molecule has 18 heavy (non-hydrogen) atoms. The molecule has 1 nitrogen and oxygen atoms in total. The Morgan fingerprint density at radius 1 is 1.00 bits per heavy atom. The monoisotopic (exact) mass is 257 g/mol. The molecule has 1 atom stereocenters. The predicted octanol–water partition coefficient (Wildman–Crippen LogP) is 4.67. The number of aryl methyl sites for hydroxylation is 2. The van der Waals surface area contributed by atoms with Crippen LogP contribution in [0.4, 0.5) is 5.69 Å². The molecule has 0 saturated carbocycles. The second-order valence-corrected chi connectivity index (χ2v) is 5.44. The molecule has 1 N–H and O–H groups in total. The van der Waals surface area contributed by atoms with E-state index in [-0.39, 0.29) is 0 Å². The van der Waals surface area contributed by atoms with Gasteiger partial charge in [-0.3, -0.25) is 0 Å². The summed E-state index contributed by atoms with van der Waals surface area (Å²) in [4.78, 5) is 0. The van der Waals surface area contributed by atoms with Crippen molar-refractivity contribution in [2.75, 3.05) is 5.32 Å². The van der Waals surface area contributed by atoms with Crippen LogP contribution in [0.2, 0.25) is 5.02 Å². The topological polar surface area (TPSA) is 12.0 Å². The summed E-state index contributed by atoms with van der Waals surface area (Å²) in [6.07, 6.45) is 1.06. The highest BCUT2D eigenvalue weighted by atomic mass is 35.5. The standard InChI is InChI=1S/C16H16ClN/c1-10-3-4-11(2)16-14(10)9-15(18-16)12-5-7-13(17)8-6-12/h3-8,15,18H,9H2,1-2H3. The normalized spacial score (nSPS) is 17.4. The summed E-state index contributed by atoms with van der Waals surface area (Å²) in [6, 6.07) is 12.9. The van der Waals surface area contributed by atoms with Crippen LogP contribution in [0.3, 0.4) is 0 Å². The maximum absolute atomic E-state index is 5.94. The number of fused-ring (bicyclic) bond motifs is 1. The molecule has 1 aliphatic rings. The average Bonchev–Trinajstić information content (AvgIpc) is 2.81. The van der Waals surface area contributed by atoms with Crippen molar-refractivity contribution in [3.8, 4) is 0 Å². The van der Waals surface area contributed by atoms with Crippen molar-refractivity contribution in [2.24, 2.45) is 0 Å². The van der Waals surface area contributed by atoms with Gasteiger partial charge in [0.05, 0.1) is 6.04 Å². The Hall–Kier alpha value is -1.47. The van der Waals surface area contributed by atoms with Crippen LogP contribution in [0.5, 0.6) is 0 Å². The fraction of sp³-hybridized carbons (Fsp3) is 0.250. The van der Waals surface area contributed by atoms with Gasteiger partial charge < -0.3 is 5.32 Å². The lowest BCUT2D eigenvalue weighted by molar-refractivity contribution is 0.821. The summed E-state index contributed by atoms with van der Waals surface area (Å²) in [5, 5.41) is 4.43. The van der Waals surface area contributed by atoms with E-state index in [1.165, 1.54) is 27.9 Å². The first kappa shape index (κ1) is 11.6. The van der Waals surface area contributed by atoms with Crippen molar-refractivity contribution in [3.05, 3.63) is 63.7 Å². The Morgan fingerprint density at radius 3 is 2.33 bits per heavy atom. The Bertz CT molecular complexity index is 556. The van der Waals surface area contributed by atoms with Crippen LogP contribution in [0.15, 0.2) is 36.4 Å². The molecule has 0 spiro atoms. The Morgan fingerprint density at radius 2 is 1.67 bits per heavy atom. The summed E-state index contributed by atoms with van der Waals surface area (Å²) in [7, 11) is 0. The third-order valence-corrected chi connectivity index (χ3v) is 4.01. The molecular formula is C16H16ClN. The molecule has 1 unspecified atom stereocenters. The number of nitrogens with one attached hydrogen (secondary N) is 1. The fourth-order valence-electron chi connectivity index (χ4n) is 2.66. The zero-order valence-electron chi connectivity index (χ0n) is 10.6. The molecule has 0 radical (unpaired) electrons. The highest BCUT2D eigenvalue weighted by Crippen LogP contribution is 2.38. The predicted molar refractivity (Wildman–Crippen MR) is 77.4 cm³/mol. The van der Waals surface area contributed by atoms with Crippen LogP contribution >= 0.6 is 11.6 Å². The van der Waals surface area contributed by atoms with Gasteiger partial charge in [0, 0.05) is 10.7 Å². The summed E-state index contributed by atoms with van der Waals surface area (Å²) in [5.74, 6) is 0. The molecular weight excluding hydrogens is 242 g/mol. The van der Waals surface area contributed by atoms with Gasteiger partial charge in [0.15, 0.2) is 0 Å². The van der Waals surface area contributed by atoms with E-state index < -0.39 is 0 Å². The quantitative estimate of drug-likeness (QED) is 0.783. The van der Waals surface area contributed by atoms with Crippen LogP contribution in [0.25, 0.3) is 0 Å². The fourth-order valence-corrected chi connectivity index (χ4v) is 2.78. The second-order valence-electron chi connectivity index (χ2n) is 5.01. The van der Waals surface area contributed by atoms with E-state index in [2.05, 4.69) is 43.4 Å². The molecule has 1 aliphatic heterocycles. The summed E-state index contributed by atoms with van der Waals surface area (Å²) >= 11 is 5.94. The minimum absolute atomic E-state index is 0.372. The van der Waals surface area contributed by atoms with Crippen LogP contribution in [0, 0.1) is 13.8 Å². The van der Waals surface area contributed by atoms with Gasteiger partial charge in [0.25, 0.3) is 0 Å². The minimum atomic E-state index is 0.372. The largest absolute Gasteiger partial charge is 0.377 e. The van der Waals surface area contributed by atoms with Crippen LogP contribution in [-0.2, 0) is 6.42 Å². The molecule has 2 aromatic rings. The lowest BCUT2D eigenvalue weighted by Gasteiger charge is -2.12. The van der Waals surface area contributed by atoms with E-state index in [0.717, 1.165) is 11.4 Å². The van der Waals surface area contributed by atoms with Crippen molar-refractivity contribution < 1.29 is 0 Å². The van der Waals surface area contributed by atoms with Gasteiger partial charge in [-0.25, -0.2) is 0 Å². The van der Waals surface area contributed by atoms with Gasteiger partial charge in [-0.1, -0.05) is 35.9 Å². The summed E-state index contributed by atoms with van der Waals surface area (Å²) < 4.78 is 0. The molecule has 0 bridgehead atoms. The van der Waals surface area contributed by atoms with Crippen molar-refractivity contribution in [3.63, 3.8) is 0 Å². The zero-order valence-corrected chi connectivity index (χ0v) is 11.4. The maximum Gasteiger partial charge on any atom is 0.0555 e. The van der Waals surface area contributed by atoms with Gasteiger partial charge >= 0.3 is 0 Å². The molecule has 2 heteroatoms. The first-order valence-corrected chi connectivity index (χ1v) is 6.64. The molecule has 0 fully saturated rings. The first-order valence-electron chi connectivity index (χ1n) is 6.26. The molecule has 0 saturated heterocycles. The van der Waals surface area contributed by atoms with E-state index in [1.54, 1.807) is 0 Å². The molecule has 2 aromatic carbocycles. The third-order valence-electron chi connectivity index (χ3n) is 3.75. The average molecular weight is 258 g/mol. The number of anilines is 1. The van der Waals surface area contributed by atoms with Crippen molar-refractivity contribution in [1.82, 2.24) is 0 Å². The number of halogens is 1. The van der Waals surface area contributed by atoms with Crippen LogP contribution in [0.1, 0.15) is 28.3 Å². The van der Waals surface area contributed by atoms with Gasteiger partial charge in [0.2, 0.25) is 0 Å². The van der Waals surface area contributed by atoms with Crippen LogP contribution < -0.4 is 5.32 Å². The number of rotatable bonds is 1. The van der Waals surface area contributed by atoms with Crippen molar-refractivity contribution in [2.45, 2.75) is 26.3 Å². The number of hydrogen-bond acceptors (Lipinski definition) is 1. The van der Waals surface area contributed by atoms with Crippen molar-refractivity contribution in [1.29, 1.82) is 0 Å². The van der Waals surface area contributed by atoms with E-state index in [0.29, 0.717) is 6.04 Å². The minimum Gasteiger partial charge on any atom is -0.377 e. The Labute approximate surface area is 113 Å². The highest BCUT2D eigenvalue weighted by Gasteiger charge is 2.24. The summed E-state index contributed by atoms with van der Waals surface area (Å²) in [5.41, 5.74) is 6.77. The summed E-state index contributed by atoms with van der Waals surface area (Å²) in [6.45, 7) is 4.35. The molecule has 92 valence electrons. The lowest BCUT2D eigenvalue weighted by atomic mass is 9.99. The van der Waals surface area contributed by atoms with E-state index in [4.69, 9.17) is 11.6 Å². The first-order chi connectivity index (χ1) is 8.65. The second kappa shape index (κ2) is 4.33. The molecule has 3 rings (SSSR count). The SMILES string of the molecule is Cc1ccc(C)c2c1CC(c1ccc(Cl)cc1)N2. The lowest BCUT2D eigenvalue weighted by Crippen LogP contribution is -2.05. The third kappa shape index (κ3) is 1.89. The van der Waals surface area contributed by atoms with Crippen molar-refractivity contribution >= 4 is 17.3 Å². The Kier molecular flexibility index (Phi) is 2.79. The maximum atomic E-state index is 5.94. The smallest absolute Gasteiger partial charge is 0.0555 e. The Balaban J connectivity index is 1.95. The molecule has 1 heterocycles. The zero-order chi connectivity index (χ0) is 12.7. The van der Waals surface area contributed by atoms with E-state index >= 15 is 0 Å².